The van der Waals surface area contributed by atoms with Gasteiger partial charge in [0.2, 0.25) is 5.78 Å². The molecule has 1 aromatic heterocycles. The zero-order chi connectivity index (χ0) is 13.1. The summed E-state index contributed by atoms with van der Waals surface area (Å²) in [6.45, 7) is 2.65. The van der Waals surface area contributed by atoms with Crippen LogP contribution in [0.15, 0.2) is 24.4 Å². The van der Waals surface area contributed by atoms with Crippen molar-refractivity contribution in [3.05, 3.63) is 47.0 Å². The van der Waals surface area contributed by atoms with E-state index in [1.807, 2.05) is 0 Å². The number of carbonyl (C=O) groups is 1. The first kappa shape index (κ1) is 12.4. The second-order valence-corrected chi connectivity index (χ2v) is 3.94. The minimum atomic E-state index is -0.446. The predicted molar refractivity (Wildman–Crippen MR) is 63.6 cm³/mol. The summed E-state index contributed by atoms with van der Waals surface area (Å²) >= 11 is 0. The molecule has 2 N–H and O–H groups in total. The van der Waals surface area contributed by atoms with Crippen LogP contribution >= 0.6 is 0 Å². The van der Waals surface area contributed by atoms with Gasteiger partial charge in [0, 0.05) is 12.1 Å². The number of hydrogen-bond donors (Lipinski definition) is 1. The highest BCUT2D eigenvalue weighted by molar-refractivity contribution is 6.08. The molecule has 0 aliphatic heterocycles. The number of halogens is 1. The van der Waals surface area contributed by atoms with Gasteiger partial charge >= 0.3 is 0 Å². The average Bonchev–Trinajstić information content (AvgIpc) is 2.80. The van der Waals surface area contributed by atoms with Crippen LogP contribution in [-0.4, -0.2) is 27.3 Å². The van der Waals surface area contributed by atoms with Gasteiger partial charge in [0.05, 0.1) is 12.7 Å². The largest absolute Gasteiger partial charge is 0.329 e. The summed E-state index contributed by atoms with van der Waals surface area (Å²) in [5.74, 6) is -0.784. The van der Waals surface area contributed by atoms with E-state index in [2.05, 4.69) is 10.3 Å². The Labute approximate surface area is 103 Å². The SMILES string of the molecule is Cc1ccc(F)cc1C(=O)c1cn(CCN)nn1. The molecule has 0 unspecified atom stereocenters. The molecule has 5 nitrogen and oxygen atoms in total. The van der Waals surface area contributed by atoms with Crippen LogP contribution < -0.4 is 5.73 Å². The Kier molecular flexibility index (Phi) is 3.47. The Balaban J connectivity index is 2.32. The molecule has 18 heavy (non-hydrogen) atoms. The van der Waals surface area contributed by atoms with E-state index < -0.39 is 5.82 Å². The Bertz CT molecular complexity index is 579. The van der Waals surface area contributed by atoms with E-state index in [1.54, 1.807) is 13.0 Å². The van der Waals surface area contributed by atoms with Crippen molar-refractivity contribution < 1.29 is 9.18 Å². The quantitative estimate of drug-likeness (QED) is 0.816. The van der Waals surface area contributed by atoms with E-state index in [0.717, 1.165) is 0 Å². The number of aryl methyl sites for hydroxylation is 1. The third-order valence-electron chi connectivity index (χ3n) is 2.57. The van der Waals surface area contributed by atoms with E-state index in [1.165, 1.54) is 23.0 Å². The highest BCUT2D eigenvalue weighted by atomic mass is 19.1. The summed E-state index contributed by atoms with van der Waals surface area (Å²) in [4.78, 5) is 12.1. The molecule has 0 spiro atoms. The van der Waals surface area contributed by atoms with Crippen molar-refractivity contribution >= 4 is 5.78 Å². The van der Waals surface area contributed by atoms with E-state index in [4.69, 9.17) is 5.73 Å². The first-order valence-electron chi connectivity index (χ1n) is 5.53. The fraction of sp³-hybridized carbons (Fsp3) is 0.250. The second kappa shape index (κ2) is 5.05. The Morgan fingerprint density at radius 1 is 1.50 bits per heavy atom. The molecule has 94 valence electrons. The third kappa shape index (κ3) is 2.43. The molecule has 6 heteroatoms. The van der Waals surface area contributed by atoms with Crippen LogP contribution in [0.2, 0.25) is 0 Å². The molecule has 0 saturated carbocycles. The topological polar surface area (TPSA) is 73.8 Å². The van der Waals surface area contributed by atoms with Crippen molar-refractivity contribution in [3.63, 3.8) is 0 Å². The fourth-order valence-corrected chi connectivity index (χ4v) is 1.62. The molecule has 1 heterocycles. The summed E-state index contributed by atoms with van der Waals surface area (Å²) in [5, 5.41) is 7.54. The summed E-state index contributed by atoms with van der Waals surface area (Å²) in [5.41, 5.74) is 6.57. The summed E-state index contributed by atoms with van der Waals surface area (Å²) in [6.07, 6.45) is 1.51. The zero-order valence-electron chi connectivity index (χ0n) is 9.93. The van der Waals surface area contributed by atoms with Gasteiger partial charge in [0.1, 0.15) is 5.82 Å². The fourth-order valence-electron chi connectivity index (χ4n) is 1.62. The highest BCUT2D eigenvalue weighted by Crippen LogP contribution is 2.14. The molecule has 0 bridgehead atoms. The maximum absolute atomic E-state index is 13.1. The predicted octanol–water partition coefficient (Wildman–Crippen LogP) is 0.915. The van der Waals surface area contributed by atoms with Crippen LogP contribution in [0.5, 0.6) is 0 Å². The van der Waals surface area contributed by atoms with Crippen LogP contribution in [0.25, 0.3) is 0 Å². The monoisotopic (exact) mass is 248 g/mol. The number of rotatable bonds is 4. The number of ketones is 1. The van der Waals surface area contributed by atoms with Crippen molar-refractivity contribution in [3.8, 4) is 0 Å². The lowest BCUT2D eigenvalue weighted by Gasteiger charge is -2.02. The van der Waals surface area contributed by atoms with E-state index in [-0.39, 0.29) is 11.5 Å². The molecular weight excluding hydrogens is 235 g/mol. The van der Waals surface area contributed by atoms with Crippen molar-refractivity contribution in [1.29, 1.82) is 0 Å². The van der Waals surface area contributed by atoms with Gasteiger partial charge in [0.15, 0.2) is 5.69 Å². The minimum Gasteiger partial charge on any atom is -0.329 e. The number of nitrogens with zero attached hydrogens (tertiary/aromatic N) is 3. The lowest BCUT2D eigenvalue weighted by Crippen LogP contribution is -2.10. The molecule has 0 atom stereocenters. The molecule has 0 radical (unpaired) electrons. The standard InChI is InChI=1S/C12H13FN4O/c1-8-2-3-9(13)6-10(8)12(18)11-7-17(5-4-14)16-15-11/h2-3,6-7H,4-5,14H2,1H3. The van der Waals surface area contributed by atoms with Gasteiger partial charge in [-0.2, -0.15) is 0 Å². The van der Waals surface area contributed by atoms with Crippen molar-refractivity contribution in [2.24, 2.45) is 5.73 Å². The Morgan fingerprint density at radius 2 is 2.28 bits per heavy atom. The molecule has 2 rings (SSSR count). The summed E-state index contributed by atoms with van der Waals surface area (Å²) in [6, 6.07) is 4.09. The summed E-state index contributed by atoms with van der Waals surface area (Å²) in [7, 11) is 0. The summed E-state index contributed by atoms with van der Waals surface area (Å²) < 4.78 is 14.6. The number of hydrogen-bond acceptors (Lipinski definition) is 4. The normalized spacial score (nSPS) is 10.6. The number of aromatic nitrogens is 3. The molecule has 0 aliphatic rings. The van der Waals surface area contributed by atoms with Crippen LogP contribution in [0.1, 0.15) is 21.6 Å². The Morgan fingerprint density at radius 3 is 3.00 bits per heavy atom. The number of benzene rings is 1. The smallest absolute Gasteiger partial charge is 0.215 e. The first-order valence-corrected chi connectivity index (χ1v) is 5.53. The number of carbonyl (C=O) groups excluding carboxylic acids is 1. The van der Waals surface area contributed by atoms with Crippen molar-refractivity contribution in [2.75, 3.05) is 6.54 Å². The van der Waals surface area contributed by atoms with E-state index >= 15 is 0 Å². The van der Waals surface area contributed by atoms with Crippen LogP contribution in [0, 0.1) is 12.7 Å². The minimum absolute atomic E-state index is 0.192. The first-order chi connectivity index (χ1) is 8.61. The van der Waals surface area contributed by atoms with Gasteiger partial charge in [-0.25, -0.2) is 4.39 Å². The molecule has 0 aliphatic carbocycles. The van der Waals surface area contributed by atoms with Gasteiger partial charge in [-0.1, -0.05) is 11.3 Å². The Hall–Kier alpha value is -2.08. The average molecular weight is 248 g/mol. The third-order valence-corrected chi connectivity index (χ3v) is 2.57. The molecular formula is C12H13FN4O. The molecule has 2 aromatic rings. The maximum atomic E-state index is 13.1. The molecule has 0 amide bonds. The van der Waals surface area contributed by atoms with E-state index in [9.17, 15) is 9.18 Å². The lowest BCUT2D eigenvalue weighted by atomic mass is 10.0. The second-order valence-electron chi connectivity index (χ2n) is 3.94. The van der Waals surface area contributed by atoms with Gasteiger partial charge < -0.3 is 5.73 Å². The molecule has 1 aromatic carbocycles. The van der Waals surface area contributed by atoms with Crippen LogP contribution in [-0.2, 0) is 6.54 Å². The van der Waals surface area contributed by atoms with E-state index in [0.29, 0.717) is 24.2 Å². The van der Waals surface area contributed by atoms with Crippen molar-refractivity contribution in [2.45, 2.75) is 13.5 Å². The molecule has 0 saturated heterocycles. The van der Waals surface area contributed by atoms with Crippen LogP contribution in [0.4, 0.5) is 4.39 Å². The zero-order valence-corrected chi connectivity index (χ0v) is 9.93. The molecule has 0 fully saturated rings. The number of nitrogens with two attached hydrogens (primary N) is 1. The van der Waals surface area contributed by atoms with Gasteiger partial charge in [-0.15, -0.1) is 5.10 Å². The van der Waals surface area contributed by atoms with Gasteiger partial charge in [0.25, 0.3) is 0 Å². The highest BCUT2D eigenvalue weighted by Gasteiger charge is 2.16. The van der Waals surface area contributed by atoms with Crippen LogP contribution in [0.3, 0.4) is 0 Å². The van der Waals surface area contributed by atoms with Crippen molar-refractivity contribution in [1.82, 2.24) is 15.0 Å². The lowest BCUT2D eigenvalue weighted by molar-refractivity contribution is 0.103. The van der Waals surface area contributed by atoms with Gasteiger partial charge in [-0.05, 0) is 24.6 Å². The maximum Gasteiger partial charge on any atom is 0.215 e. The van der Waals surface area contributed by atoms with Gasteiger partial charge in [-0.3, -0.25) is 9.48 Å².